The van der Waals surface area contributed by atoms with Crippen molar-refractivity contribution in [3.8, 4) is 0 Å². The lowest BCUT2D eigenvalue weighted by Crippen LogP contribution is -2.38. The smallest absolute Gasteiger partial charge is 0.225 e. The van der Waals surface area contributed by atoms with Gasteiger partial charge < -0.3 is 4.90 Å². The van der Waals surface area contributed by atoms with Gasteiger partial charge in [-0.25, -0.2) is 9.97 Å². The Balaban J connectivity index is 0.000000605. The van der Waals surface area contributed by atoms with Crippen LogP contribution >= 0.6 is 24.8 Å². The summed E-state index contributed by atoms with van der Waals surface area (Å²) in [6.07, 6.45) is 4.83. The third-order valence-corrected chi connectivity index (χ3v) is 1.69. The van der Waals surface area contributed by atoms with Crippen LogP contribution in [-0.4, -0.2) is 23.1 Å². The number of anilines is 1. The molecule has 1 saturated heterocycles. The summed E-state index contributed by atoms with van der Waals surface area (Å²) in [5, 5.41) is 0. The van der Waals surface area contributed by atoms with Gasteiger partial charge in [0, 0.05) is 25.5 Å². The molecule has 5 heteroatoms. The lowest BCUT2D eigenvalue weighted by atomic mass is 10.2. The van der Waals surface area contributed by atoms with Crippen LogP contribution in [-0.2, 0) is 0 Å². The molecule has 2 heterocycles. The topological polar surface area (TPSA) is 29.0 Å². The van der Waals surface area contributed by atoms with Crippen LogP contribution in [0.3, 0.4) is 0 Å². The Morgan fingerprint density at radius 2 is 1.67 bits per heavy atom. The van der Waals surface area contributed by atoms with E-state index in [9.17, 15) is 0 Å². The first-order valence-corrected chi connectivity index (χ1v) is 3.49. The molecule has 0 bridgehead atoms. The molecule has 0 spiro atoms. The van der Waals surface area contributed by atoms with Crippen molar-refractivity contribution in [1.29, 1.82) is 0 Å². The van der Waals surface area contributed by atoms with Crippen LogP contribution in [0.25, 0.3) is 0 Å². The number of hydrogen-bond donors (Lipinski definition) is 0. The second kappa shape index (κ2) is 5.17. The SMILES string of the molecule is Cl.Cl.c1cnc(N2CCC2)nc1. The number of halogens is 2. The van der Waals surface area contributed by atoms with E-state index in [4.69, 9.17) is 0 Å². The summed E-state index contributed by atoms with van der Waals surface area (Å²) in [5.41, 5.74) is 0. The van der Waals surface area contributed by atoms with Crippen molar-refractivity contribution >= 4 is 30.8 Å². The van der Waals surface area contributed by atoms with Crippen molar-refractivity contribution in [3.05, 3.63) is 18.5 Å². The number of nitrogens with zero attached hydrogens (tertiary/aromatic N) is 3. The molecule has 68 valence electrons. The van der Waals surface area contributed by atoms with Crippen LogP contribution in [0.1, 0.15) is 6.42 Å². The van der Waals surface area contributed by atoms with E-state index in [-0.39, 0.29) is 24.8 Å². The molecule has 0 aliphatic carbocycles. The van der Waals surface area contributed by atoms with Crippen molar-refractivity contribution in [3.63, 3.8) is 0 Å². The van der Waals surface area contributed by atoms with Gasteiger partial charge in [-0.2, -0.15) is 0 Å². The predicted molar refractivity (Wildman–Crippen MR) is 53.4 cm³/mol. The fourth-order valence-electron chi connectivity index (χ4n) is 0.971. The summed E-state index contributed by atoms with van der Waals surface area (Å²) in [6.45, 7) is 2.23. The van der Waals surface area contributed by atoms with E-state index < -0.39 is 0 Å². The van der Waals surface area contributed by atoms with E-state index in [0.717, 1.165) is 19.0 Å². The van der Waals surface area contributed by atoms with Crippen molar-refractivity contribution in [1.82, 2.24) is 9.97 Å². The van der Waals surface area contributed by atoms with E-state index in [1.807, 2.05) is 6.07 Å². The summed E-state index contributed by atoms with van der Waals surface area (Å²) in [7, 11) is 0. The maximum absolute atomic E-state index is 4.12. The highest BCUT2D eigenvalue weighted by atomic mass is 35.5. The molecule has 1 fully saturated rings. The Hall–Kier alpha value is -0.540. The first kappa shape index (κ1) is 11.5. The average molecular weight is 208 g/mol. The fraction of sp³-hybridized carbons (Fsp3) is 0.429. The minimum absolute atomic E-state index is 0. The van der Waals surface area contributed by atoms with Crippen LogP contribution in [0.4, 0.5) is 5.95 Å². The van der Waals surface area contributed by atoms with Gasteiger partial charge in [0.1, 0.15) is 0 Å². The molecule has 12 heavy (non-hydrogen) atoms. The molecule has 2 rings (SSSR count). The molecule has 1 aromatic heterocycles. The fourth-order valence-corrected chi connectivity index (χ4v) is 0.971. The molecule has 0 atom stereocenters. The van der Waals surface area contributed by atoms with E-state index >= 15 is 0 Å². The molecule has 0 saturated carbocycles. The predicted octanol–water partition coefficient (Wildman–Crippen LogP) is 1.53. The monoisotopic (exact) mass is 207 g/mol. The molecule has 3 nitrogen and oxygen atoms in total. The third-order valence-electron chi connectivity index (χ3n) is 1.69. The molecular formula is C7H11Cl2N3. The van der Waals surface area contributed by atoms with Crippen LogP contribution in [0.15, 0.2) is 18.5 Å². The van der Waals surface area contributed by atoms with Crippen molar-refractivity contribution in [2.75, 3.05) is 18.0 Å². The van der Waals surface area contributed by atoms with Crippen LogP contribution in [0.2, 0.25) is 0 Å². The quantitative estimate of drug-likeness (QED) is 0.700. The van der Waals surface area contributed by atoms with Gasteiger partial charge in [0.25, 0.3) is 0 Å². The summed E-state index contributed by atoms with van der Waals surface area (Å²) in [6, 6.07) is 1.84. The highest BCUT2D eigenvalue weighted by Gasteiger charge is 2.15. The van der Waals surface area contributed by atoms with E-state index in [0.29, 0.717) is 0 Å². The van der Waals surface area contributed by atoms with Gasteiger partial charge >= 0.3 is 0 Å². The van der Waals surface area contributed by atoms with E-state index in [2.05, 4.69) is 14.9 Å². The van der Waals surface area contributed by atoms with Crippen molar-refractivity contribution in [2.45, 2.75) is 6.42 Å². The van der Waals surface area contributed by atoms with Gasteiger partial charge in [-0.3, -0.25) is 0 Å². The average Bonchev–Trinajstić information content (AvgIpc) is 1.86. The number of hydrogen-bond acceptors (Lipinski definition) is 3. The summed E-state index contributed by atoms with van der Waals surface area (Å²) < 4.78 is 0. The Labute approximate surface area is 84.0 Å². The van der Waals surface area contributed by atoms with Gasteiger partial charge in [-0.15, -0.1) is 24.8 Å². The Morgan fingerprint density at radius 3 is 2.08 bits per heavy atom. The van der Waals surface area contributed by atoms with Gasteiger partial charge in [-0.05, 0) is 12.5 Å². The van der Waals surface area contributed by atoms with Crippen molar-refractivity contribution in [2.24, 2.45) is 0 Å². The van der Waals surface area contributed by atoms with E-state index in [1.54, 1.807) is 12.4 Å². The number of aromatic nitrogens is 2. The summed E-state index contributed by atoms with van der Waals surface area (Å²) >= 11 is 0. The zero-order valence-electron chi connectivity index (χ0n) is 6.51. The molecular weight excluding hydrogens is 197 g/mol. The third kappa shape index (κ3) is 2.22. The first-order valence-electron chi connectivity index (χ1n) is 3.49. The molecule has 0 unspecified atom stereocenters. The Bertz CT molecular complexity index is 213. The zero-order valence-corrected chi connectivity index (χ0v) is 8.14. The molecule has 0 N–H and O–H groups in total. The first-order chi connectivity index (χ1) is 4.97. The van der Waals surface area contributed by atoms with Gasteiger partial charge in [-0.1, -0.05) is 0 Å². The molecule has 1 aliphatic heterocycles. The lowest BCUT2D eigenvalue weighted by Gasteiger charge is -2.30. The number of rotatable bonds is 1. The van der Waals surface area contributed by atoms with Crippen LogP contribution in [0.5, 0.6) is 0 Å². The minimum Gasteiger partial charge on any atom is -0.341 e. The largest absolute Gasteiger partial charge is 0.341 e. The summed E-state index contributed by atoms with van der Waals surface area (Å²) in [4.78, 5) is 10.4. The second-order valence-corrected chi connectivity index (χ2v) is 2.39. The highest BCUT2D eigenvalue weighted by molar-refractivity contribution is 5.85. The maximum Gasteiger partial charge on any atom is 0.225 e. The van der Waals surface area contributed by atoms with Crippen LogP contribution < -0.4 is 4.90 Å². The van der Waals surface area contributed by atoms with Gasteiger partial charge in [0.2, 0.25) is 5.95 Å². The summed E-state index contributed by atoms with van der Waals surface area (Å²) in [5.74, 6) is 0.869. The molecule has 0 radical (unpaired) electrons. The normalized spacial score (nSPS) is 13.8. The molecule has 0 amide bonds. The Morgan fingerprint density at radius 1 is 1.08 bits per heavy atom. The van der Waals surface area contributed by atoms with Gasteiger partial charge in [0.15, 0.2) is 0 Å². The lowest BCUT2D eigenvalue weighted by molar-refractivity contribution is 0.600. The molecule has 1 aromatic rings. The standard InChI is InChI=1S/C7H9N3.2ClH/c1-3-8-7(9-4-1)10-5-2-6-10;;/h1,3-4H,2,5-6H2;2*1H. The van der Waals surface area contributed by atoms with Gasteiger partial charge in [0.05, 0.1) is 0 Å². The second-order valence-electron chi connectivity index (χ2n) is 2.39. The maximum atomic E-state index is 4.12. The van der Waals surface area contributed by atoms with E-state index in [1.165, 1.54) is 6.42 Å². The Kier molecular flexibility index (Phi) is 4.93. The molecule has 1 aliphatic rings. The van der Waals surface area contributed by atoms with Crippen molar-refractivity contribution < 1.29 is 0 Å². The molecule has 0 aromatic carbocycles. The highest BCUT2D eigenvalue weighted by Crippen LogP contribution is 2.12. The zero-order chi connectivity index (χ0) is 6.81. The minimum atomic E-state index is 0. The van der Waals surface area contributed by atoms with Crippen LogP contribution in [0, 0.1) is 0 Å².